The molecular weight excluding hydrogens is 208 g/mol. The van der Waals surface area contributed by atoms with Gasteiger partial charge in [-0.25, -0.2) is 0 Å². The molecule has 0 spiro atoms. The minimum atomic E-state index is 0.491. The first-order valence-corrected chi connectivity index (χ1v) is 6.93. The quantitative estimate of drug-likeness (QED) is 0.691. The van der Waals surface area contributed by atoms with Crippen molar-refractivity contribution in [3.8, 4) is 0 Å². The fraction of sp³-hybridized carbons (Fsp3) is 0.667. The predicted octanol–water partition coefficient (Wildman–Crippen LogP) is 3.87. The van der Waals surface area contributed by atoms with Gasteiger partial charge in [-0.05, 0) is 37.1 Å². The average Bonchev–Trinajstić information content (AvgIpc) is 2.39. The van der Waals surface area contributed by atoms with E-state index < -0.39 is 0 Å². The highest BCUT2D eigenvalue weighted by Gasteiger charge is 2.11. The van der Waals surface area contributed by atoms with E-state index in [0.29, 0.717) is 6.04 Å². The van der Waals surface area contributed by atoms with Crippen LogP contribution in [0.25, 0.3) is 0 Å². The molecule has 0 bridgehead atoms. The minimum Gasteiger partial charge on any atom is -0.313 e. The third-order valence-electron chi connectivity index (χ3n) is 3.39. The molecule has 1 aromatic rings. The van der Waals surface area contributed by atoms with Crippen LogP contribution in [0.3, 0.4) is 0 Å². The Balaban J connectivity index is 2.59. The van der Waals surface area contributed by atoms with Crippen molar-refractivity contribution >= 4 is 0 Å². The maximum Gasteiger partial charge on any atom is 0.0321 e. The van der Waals surface area contributed by atoms with E-state index in [2.05, 4.69) is 37.3 Å². The van der Waals surface area contributed by atoms with E-state index in [1.165, 1.54) is 43.2 Å². The summed E-state index contributed by atoms with van der Waals surface area (Å²) in [5.74, 6) is 0. The van der Waals surface area contributed by atoms with Crippen LogP contribution in [0, 0.1) is 0 Å². The predicted molar refractivity (Wildman–Crippen MR) is 74.2 cm³/mol. The maximum atomic E-state index is 4.21. The van der Waals surface area contributed by atoms with Crippen LogP contribution in [0.5, 0.6) is 0 Å². The van der Waals surface area contributed by atoms with Gasteiger partial charge in [-0.3, -0.25) is 4.98 Å². The lowest BCUT2D eigenvalue weighted by atomic mass is 9.96. The first-order chi connectivity index (χ1) is 8.33. The summed E-state index contributed by atoms with van der Waals surface area (Å²) in [6.07, 6.45) is 11.5. The molecule has 1 rings (SSSR count). The van der Waals surface area contributed by atoms with Gasteiger partial charge >= 0.3 is 0 Å². The molecule has 0 aliphatic heterocycles. The first-order valence-electron chi connectivity index (χ1n) is 6.93. The van der Waals surface area contributed by atoms with Gasteiger partial charge < -0.3 is 5.32 Å². The Morgan fingerprint density at radius 1 is 1.24 bits per heavy atom. The van der Waals surface area contributed by atoms with Crippen molar-refractivity contribution in [1.82, 2.24) is 10.3 Å². The van der Waals surface area contributed by atoms with Crippen LogP contribution in [0.15, 0.2) is 18.5 Å². The van der Waals surface area contributed by atoms with Crippen LogP contribution in [-0.2, 0) is 6.42 Å². The first kappa shape index (κ1) is 14.2. The number of pyridine rings is 1. The normalized spacial score (nSPS) is 12.6. The molecule has 0 saturated carbocycles. The number of rotatable bonds is 8. The molecule has 0 aliphatic rings. The summed E-state index contributed by atoms with van der Waals surface area (Å²) in [5.41, 5.74) is 2.81. The van der Waals surface area contributed by atoms with Gasteiger partial charge in [0.1, 0.15) is 0 Å². The summed E-state index contributed by atoms with van der Waals surface area (Å²) in [4.78, 5) is 4.21. The van der Waals surface area contributed by atoms with Crippen molar-refractivity contribution in [2.45, 2.75) is 58.4 Å². The molecule has 1 heterocycles. The van der Waals surface area contributed by atoms with E-state index in [4.69, 9.17) is 0 Å². The standard InChI is InChI=1S/C15H26N2/c1-4-6-7-8-9-15(16-3)14-10-11-17-12-13(14)5-2/h10-12,15-16H,4-9H2,1-3H3. The molecular formula is C15H26N2. The lowest BCUT2D eigenvalue weighted by molar-refractivity contribution is 0.502. The van der Waals surface area contributed by atoms with Gasteiger partial charge in [0, 0.05) is 18.4 Å². The fourth-order valence-corrected chi connectivity index (χ4v) is 2.30. The summed E-state index contributed by atoms with van der Waals surface area (Å²) in [5, 5.41) is 3.44. The van der Waals surface area contributed by atoms with Crippen molar-refractivity contribution < 1.29 is 0 Å². The van der Waals surface area contributed by atoms with Crippen molar-refractivity contribution in [2.75, 3.05) is 7.05 Å². The number of hydrogen-bond acceptors (Lipinski definition) is 2. The summed E-state index contributed by atoms with van der Waals surface area (Å²) in [7, 11) is 2.06. The molecule has 1 N–H and O–H groups in total. The van der Waals surface area contributed by atoms with E-state index in [9.17, 15) is 0 Å². The molecule has 0 aliphatic carbocycles. The van der Waals surface area contributed by atoms with Crippen molar-refractivity contribution in [2.24, 2.45) is 0 Å². The average molecular weight is 234 g/mol. The Bertz CT molecular complexity index is 310. The third kappa shape index (κ3) is 4.47. The summed E-state index contributed by atoms with van der Waals surface area (Å²) >= 11 is 0. The molecule has 96 valence electrons. The van der Waals surface area contributed by atoms with Gasteiger partial charge in [-0.15, -0.1) is 0 Å². The Morgan fingerprint density at radius 2 is 2.06 bits per heavy atom. The van der Waals surface area contributed by atoms with Gasteiger partial charge in [0.05, 0.1) is 0 Å². The maximum absolute atomic E-state index is 4.21. The monoisotopic (exact) mass is 234 g/mol. The third-order valence-corrected chi connectivity index (χ3v) is 3.39. The second-order valence-corrected chi connectivity index (χ2v) is 4.62. The molecule has 0 fully saturated rings. The molecule has 0 aromatic carbocycles. The molecule has 2 heteroatoms. The highest BCUT2D eigenvalue weighted by atomic mass is 14.9. The van der Waals surface area contributed by atoms with Gasteiger partial charge in [-0.1, -0.05) is 39.5 Å². The van der Waals surface area contributed by atoms with E-state index in [1.54, 1.807) is 0 Å². The largest absolute Gasteiger partial charge is 0.313 e. The van der Waals surface area contributed by atoms with Crippen LogP contribution in [-0.4, -0.2) is 12.0 Å². The topological polar surface area (TPSA) is 24.9 Å². The summed E-state index contributed by atoms with van der Waals surface area (Å²) in [6.45, 7) is 4.46. The van der Waals surface area contributed by atoms with Crippen LogP contribution in [0.4, 0.5) is 0 Å². The number of aromatic nitrogens is 1. The molecule has 17 heavy (non-hydrogen) atoms. The van der Waals surface area contributed by atoms with Crippen LogP contribution >= 0.6 is 0 Å². The SMILES string of the molecule is CCCCCCC(NC)c1ccncc1CC. The van der Waals surface area contributed by atoms with E-state index in [-0.39, 0.29) is 0 Å². The second kappa shape index (κ2) is 8.24. The lowest BCUT2D eigenvalue weighted by Crippen LogP contribution is -2.18. The Labute approximate surface area is 106 Å². The van der Waals surface area contributed by atoms with Gasteiger partial charge in [0.15, 0.2) is 0 Å². The fourth-order valence-electron chi connectivity index (χ4n) is 2.30. The number of hydrogen-bond donors (Lipinski definition) is 1. The van der Waals surface area contributed by atoms with E-state index in [1.807, 2.05) is 12.4 Å². The summed E-state index contributed by atoms with van der Waals surface area (Å²) in [6, 6.07) is 2.66. The molecule has 2 nitrogen and oxygen atoms in total. The number of nitrogens with zero attached hydrogens (tertiary/aromatic N) is 1. The molecule has 0 radical (unpaired) electrons. The second-order valence-electron chi connectivity index (χ2n) is 4.62. The Hall–Kier alpha value is -0.890. The zero-order valence-electron chi connectivity index (χ0n) is 11.5. The number of nitrogens with one attached hydrogen (secondary N) is 1. The smallest absolute Gasteiger partial charge is 0.0321 e. The molecule has 1 atom stereocenters. The number of aryl methyl sites for hydroxylation is 1. The van der Waals surface area contributed by atoms with Crippen molar-refractivity contribution in [1.29, 1.82) is 0 Å². The van der Waals surface area contributed by atoms with Crippen LogP contribution in [0.2, 0.25) is 0 Å². The lowest BCUT2D eigenvalue weighted by Gasteiger charge is -2.19. The Kier molecular flexibility index (Phi) is 6.87. The van der Waals surface area contributed by atoms with Gasteiger partial charge in [0.2, 0.25) is 0 Å². The van der Waals surface area contributed by atoms with E-state index >= 15 is 0 Å². The highest BCUT2D eigenvalue weighted by molar-refractivity contribution is 5.26. The van der Waals surface area contributed by atoms with Crippen molar-refractivity contribution in [3.63, 3.8) is 0 Å². The minimum absolute atomic E-state index is 0.491. The molecule has 0 amide bonds. The van der Waals surface area contributed by atoms with Gasteiger partial charge in [0.25, 0.3) is 0 Å². The van der Waals surface area contributed by atoms with Crippen LogP contribution in [0.1, 0.15) is 63.1 Å². The molecule has 1 unspecified atom stereocenters. The highest BCUT2D eigenvalue weighted by Crippen LogP contribution is 2.22. The van der Waals surface area contributed by atoms with E-state index in [0.717, 1.165) is 6.42 Å². The Morgan fingerprint density at radius 3 is 2.71 bits per heavy atom. The number of unbranched alkanes of at least 4 members (excludes halogenated alkanes) is 3. The van der Waals surface area contributed by atoms with Crippen molar-refractivity contribution in [3.05, 3.63) is 29.6 Å². The zero-order chi connectivity index (χ0) is 12.5. The molecule has 0 saturated heterocycles. The van der Waals surface area contributed by atoms with Crippen LogP contribution < -0.4 is 5.32 Å². The van der Waals surface area contributed by atoms with Gasteiger partial charge in [-0.2, -0.15) is 0 Å². The molecule has 1 aromatic heterocycles. The summed E-state index contributed by atoms with van der Waals surface area (Å²) < 4.78 is 0. The zero-order valence-corrected chi connectivity index (χ0v) is 11.5.